The first-order chi connectivity index (χ1) is 11.7. The zero-order valence-electron chi connectivity index (χ0n) is 13.0. The van der Waals surface area contributed by atoms with Gasteiger partial charge >= 0.3 is 0 Å². The molecule has 2 heterocycles. The lowest BCUT2D eigenvalue weighted by molar-refractivity contribution is -0.119. The Morgan fingerprint density at radius 2 is 2.04 bits per heavy atom. The normalized spacial score (nSPS) is 17.3. The predicted molar refractivity (Wildman–Crippen MR) is 91.1 cm³/mol. The van der Waals surface area contributed by atoms with Crippen molar-refractivity contribution in [2.24, 2.45) is 5.92 Å². The molecule has 3 aromatic rings. The van der Waals surface area contributed by atoms with Crippen LogP contribution in [0.4, 0.5) is 10.1 Å². The molecule has 0 saturated carbocycles. The van der Waals surface area contributed by atoms with E-state index in [0.717, 1.165) is 47.4 Å². The quantitative estimate of drug-likeness (QED) is 0.694. The molecule has 0 aliphatic carbocycles. The van der Waals surface area contributed by atoms with Gasteiger partial charge in [-0.15, -0.1) is 0 Å². The highest BCUT2D eigenvalue weighted by molar-refractivity contribution is 5.99. The number of carbonyl (C=O) groups is 1. The zero-order chi connectivity index (χ0) is 16.5. The third-order valence-corrected chi connectivity index (χ3v) is 4.38. The fourth-order valence-corrected chi connectivity index (χ4v) is 3.04. The number of nitrogens with one attached hydrogen (secondary N) is 3. The van der Waals surface area contributed by atoms with Crippen LogP contribution in [0.25, 0.3) is 22.2 Å². The zero-order valence-corrected chi connectivity index (χ0v) is 13.0. The average Bonchev–Trinajstić information content (AvgIpc) is 3.25. The number of nitrogens with zero attached hydrogens (tertiary/aromatic N) is 1. The van der Waals surface area contributed by atoms with Gasteiger partial charge in [0.15, 0.2) is 0 Å². The monoisotopic (exact) mass is 324 g/mol. The van der Waals surface area contributed by atoms with Gasteiger partial charge in [0.1, 0.15) is 5.82 Å². The van der Waals surface area contributed by atoms with E-state index in [4.69, 9.17) is 0 Å². The van der Waals surface area contributed by atoms with Crippen LogP contribution in [-0.2, 0) is 4.79 Å². The van der Waals surface area contributed by atoms with Crippen molar-refractivity contribution in [2.45, 2.75) is 6.42 Å². The van der Waals surface area contributed by atoms with Crippen LogP contribution >= 0.6 is 0 Å². The number of amides is 1. The van der Waals surface area contributed by atoms with Crippen molar-refractivity contribution in [3.63, 3.8) is 0 Å². The molecule has 1 amide bonds. The average molecular weight is 324 g/mol. The summed E-state index contributed by atoms with van der Waals surface area (Å²) in [4.78, 5) is 12.3. The van der Waals surface area contributed by atoms with Crippen molar-refractivity contribution in [1.29, 1.82) is 0 Å². The van der Waals surface area contributed by atoms with Crippen molar-refractivity contribution in [1.82, 2.24) is 15.5 Å². The number of hydrogen-bond acceptors (Lipinski definition) is 3. The highest BCUT2D eigenvalue weighted by atomic mass is 19.1. The van der Waals surface area contributed by atoms with Crippen LogP contribution in [0.15, 0.2) is 42.5 Å². The Kier molecular flexibility index (Phi) is 3.74. The van der Waals surface area contributed by atoms with Crippen LogP contribution in [-0.4, -0.2) is 29.2 Å². The molecule has 6 heteroatoms. The second-order valence-electron chi connectivity index (χ2n) is 6.02. The van der Waals surface area contributed by atoms with E-state index >= 15 is 0 Å². The van der Waals surface area contributed by atoms with Crippen molar-refractivity contribution in [3.8, 4) is 11.3 Å². The lowest BCUT2D eigenvalue weighted by atomic mass is 10.1. The number of benzene rings is 2. The molecule has 1 fully saturated rings. The van der Waals surface area contributed by atoms with E-state index in [9.17, 15) is 9.18 Å². The van der Waals surface area contributed by atoms with Crippen LogP contribution < -0.4 is 10.6 Å². The topological polar surface area (TPSA) is 69.8 Å². The second-order valence-corrected chi connectivity index (χ2v) is 6.02. The molecular weight excluding hydrogens is 307 g/mol. The number of anilines is 1. The maximum Gasteiger partial charge on any atom is 0.228 e. The summed E-state index contributed by atoms with van der Waals surface area (Å²) in [7, 11) is 0. The van der Waals surface area contributed by atoms with Gasteiger partial charge in [-0.25, -0.2) is 4.39 Å². The molecule has 122 valence electrons. The first-order valence-electron chi connectivity index (χ1n) is 7.96. The Morgan fingerprint density at radius 3 is 2.79 bits per heavy atom. The van der Waals surface area contributed by atoms with Gasteiger partial charge in [0.25, 0.3) is 0 Å². The second kappa shape index (κ2) is 6.05. The Balaban J connectivity index is 1.65. The largest absolute Gasteiger partial charge is 0.326 e. The van der Waals surface area contributed by atoms with Crippen LogP contribution in [0.5, 0.6) is 0 Å². The predicted octanol–water partition coefficient (Wildman–Crippen LogP) is 2.92. The van der Waals surface area contributed by atoms with Gasteiger partial charge in [0, 0.05) is 23.2 Å². The first kappa shape index (κ1) is 14.8. The van der Waals surface area contributed by atoms with Gasteiger partial charge in [-0.1, -0.05) is 0 Å². The molecule has 2 aromatic carbocycles. The molecule has 1 atom stereocenters. The number of hydrogen-bond donors (Lipinski definition) is 3. The Bertz CT molecular complexity index is 882. The maximum atomic E-state index is 13.1. The summed E-state index contributed by atoms with van der Waals surface area (Å²) in [5.74, 6) is -0.232. The molecule has 4 rings (SSSR count). The summed E-state index contributed by atoms with van der Waals surface area (Å²) in [6.45, 7) is 1.61. The maximum absolute atomic E-state index is 13.1. The van der Waals surface area contributed by atoms with E-state index in [1.54, 1.807) is 12.1 Å². The summed E-state index contributed by atoms with van der Waals surface area (Å²) in [5, 5.41) is 14.4. The fraction of sp³-hybridized carbons (Fsp3) is 0.222. The molecular formula is C18H17FN4O. The minimum absolute atomic E-state index is 0.0154. The summed E-state index contributed by atoms with van der Waals surface area (Å²) in [6, 6.07) is 11.9. The summed E-state index contributed by atoms with van der Waals surface area (Å²) in [5.41, 5.74) is 3.17. The van der Waals surface area contributed by atoms with Crippen LogP contribution in [0.3, 0.4) is 0 Å². The fourth-order valence-electron chi connectivity index (χ4n) is 3.04. The number of halogens is 1. The lowest BCUT2D eigenvalue weighted by Gasteiger charge is -2.10. The smallest absolute Gasteiger partial charge is 0.228 e. The molecule has 1 saturated heterocycles. The van der Waals surface area contributed by atoms with E-state index in [0.29, 0.717) is 0 Å². The third kappa shape index (κ3) is 2.76. The Labute approximate surface area is 138 Å². The number of H-pyrrole nitrogens is 1. The number of aromatic amines is 1. The van der Waals surface area contributed by atoms with Gasteiger partial charge in [0.2, 0.25) is 5.91 Å². The van der Waals surface area contributed by atoms with Gasteiger partial charge in [-0.3, -0.25) is 9.89 Å². The van der Waals surface area contributed by atoms with Crippen molar-refractivity contribution in [3.05, 3.63) is 48.3 Å². The van der Waals surface area contributed by atoms with Crippen LogP contribution in [0.1, 0.15) is 6.42 Å². The third-order valence-electron chi connectivity index (χ3n) is 4.38. The number of carbonyl (C=O) groups excluding carboxylic acids is 1. The van der Waals surface area contributed by atoms with Gasteiger partial charge in [-0.2, -0.15) is 5.10 Å². The van der Waals surface area contributed by atoms with Crippen molar-refractivity contribution >= 4 is 22.5 Å². The van der Waals surface area contributed by atoms with Crippen molar-refractivity contribution in [2.75, 3.05) is 18.4 Å². The molecule has 1 unspecified atom stereocenters. The summed E-state index contributed by atoms with van der Waals surface area (Å²) < 4.78 is 13.1. The van der Waals surface area contributed by atoms with E-state index in [1.807, 2.05) is 18.2 Å². The van der Waals surface area contributed by atoms with Gasteiger partial charge < -0.3 is 10.6 Å². The molecule has 0 radical (unpaired) electrons. The van der Waals surface area contributed by atoms with Crippen LogP contribution in [0.2, 0.25) is 0 Å². The van der Waals surface area contributed by atoms with E-state index in [-0.39, 0.29) is 17.6 Å². The highest BCUT2D eigenvalue weighted by Crippen LogP contribution is 2.28. The van der Waals surface area contributed by atoms with Gasteiger partial charge in [-0.05, 0) is 55.4 Å². The molecule has 0 spiro atoms. The Hall–Kier alpha value is -2.73. The molecule has 1 aliphatic rings. The van der Waals surface area contributed by atoms with Crippen molar-refractivity contribution < 1.29 is 9.18 Å². The lowest BCUT2D eigenvalue weighted by Crippen LogP contribution is -2.24. The number of aromatic nitrogens is 2. The minimum atomic E-state index is -0.281. The molecule has 24 heavy (non-hydrogen) atoms. The molecule has 1 aromatic heterocycles. The van der Waals surface area contributed by atoms with E-state index < -0.39 is 0 Å². The SMILES string of the molecule is O=C(Nc1ccc2[nH]nc(-c3ccc(F)cc3)c2c1)C1CCNC1. The number of fused-ring (bicyclic) bond motifs is 1. The number of rotatable bonds is 3. The standard InChI is InChI=1S/C18H17FN4O/c19-13-3-1-11(2-4-13)17-15-9-14(5-6-16(15)22-23-17)21-18(24)12-7-8-20-10-12/h1-6,9,12,20H,7-8,10H2,(H,21,24)(H,22,23). The van der Waals surface area contributed by atoms with Crippen LogP contribution in [0, 0.1) is 11.7 Å². The minimum Gasteiger partial charge on any atom is -0.326 e. The Morgan fingerprint density at radius 1 is 1.21 bits per heavy atom. The van der Waals surface area contributed by atoms with E-state index in [1.165, 1.54) is 12.1 Å². The van der Waals surface area contributed by atoms with E-state index in [2.05, 4.69) is 20.8 Å². The molecule has 1 aliphatic heterocycles. The molecule has 3 N–H and O–H groups in total. The summed E-state index contributed by atoms with van der Waals surface area (Å²) in [6.07, 6.45) is 0.862. The highest BCUT2D eigenvalue weighted by Gasteiger charge is 2.22. The first-order valence-corrected chi connectivity index (χ1v) is 7.96. The molecule has 5 nitrogen and oxygen atoms in total. The van der Waals surface area contributed by atoms with Gasteiger partial charge in [0.05, 0.1) is 17.1 Å². The molecule has 0 bridgehead atoms. The summed E-state index contributed by atoms with van der Waals surface area (Å²) >= 11 is 0.